The van der Waals surface area contributed by atoms with Crippen LogP contribution in [-0.4, -0.2) is 74.7 Å². The van der Waals surface area contributed by atoms with Crippen LogP contribution < -0.4 is 14.4 Å². The van der Waals surface area contributed by atoms with E-state index in [1.165, 1.54) is 5.69 Å². The first kappa shape index (κ1) is 18.6. The molecule has 0 aliphatic carbocycles. The van der Waals surface area contributed by atoms with Gasteiger partial charge in [-0.25, -0.2) is 0 Å². The molecule has 0 radical (unpaired) electrons. The number of anilines is 1. The monoisotopic (exact) mass is 381 g/mol. The van der Waals surface area contributed by atoms with Crippen LogP contribution in [0.1, 0.15) is 0 Å². The van der Waals surface area contributed by atoms with E-state index in [0.29, 0.717) is 19.7 Å². The minimum absolute atomic E-state index is 0.121. The number of nitrogens with zero attached hydrogens (tertiary/aromatic N) is 3. The number of carbonyl (C=O) groups is 1. The maximum atomic E-state index is 12.7. The minimum atomic E-state index is -0.140. The lowest BCUT2D eigenvalue weighted by Gasteiger charge is -2.36. The van der Waals surface area contributed by atoms with Gasteiger partial charge in [-0.2, -0.15) is 0 Å². The van der Waals surface area contributed by atoms with Crippen molar-refractivity contribution in [3.63, 3.8) is 0 Å². The van der Waals surface area contributed by atoms with Gasteiger partial charge < -0.3 is 19.3 Å². The van der Waals surface area contributed by atoms with Gasteiger partial charge in [0.15, 0.2) is 17.6 Å². The summed E-state index contributed by atoms with van der Waals surface area (Å²) in [4.78, 5) is 19.0. The van der Waals surface area contributed by atoms with E-state index in [0.717, 1.165) is 37.7 Å². The molecular weight excluding hydrogens is 354 g/mol. The molecule has 0 spiro atoms. The van der Waals surface area contributed by atoms with Crippen LogP contribution in [0.5, 0.6) is 11.5 Å². The summed E-state index contributed by atoms with van der Waals surface area (Å²) in [6, 6.07) is 18.1. The van der Waals surface area contributed by atoms with E-state index >= 15 is 0 Å². The first-order valence-electron chi connectivity index (χ1n) is 9.84. The maximum absolute atomic E-state index is 12.7. The molecule has 28 heavy (non-hydrogen) atoms. The van der Waals surface area contributed by atoms with Gasteiger partial charge in [0.05, 0.1) is 13.1 Å². The van der Waals surface area contributed by atoms with Crippen LogP contribution in [0.15, 0.2) is 54.6 Å². The normalized spacial score (nSPS) is 19.3. The molecule has 6 heteroatoms. The fourth-order valence-electron chi connectivity index (χ4n) is 3.68. The molecule has 0 bridgehead atoms. The minimum Gasteiger partial charge on any atom is -0.486 e. The van der Waals surface area contributed by atoms with Crippen molar-refractivity contribution < 1.29 is 14.3 Å². The van der Waals surface area contributed by atoms with E-state index < -0.39 is 0 Å². The van der Waals surface area contributed by atoms with Gasteiger partial charge in [0, 0.05) is 38.9 Å². The van der Waals surface area contributed by atoms with Gasteiger partial charge in [-0.3, -0.25) is 9.69 Å². The van der Waals surface area contributed by atoms with Crippen molar-refractivity contribution in [1.82, 2.24) is 9.80 Å². The molecule has 2 aliphatic heterocycles. The Kier molecular flexibility index (Phi) is 5.67. The number of para-hydroxylation sites is 3. The number of hydrogen-bond acceptors (Lipinski definition) is 5. The van der Waals surface area contributed by atoms with E-state index in [2.05, 4.69) is 34.1 Å². The van der Waals surface area contributed by atoms with Crippen LogP contribution in [-0.2, 0) is 4.79 Å². The number of benzene rings is 2. The summed E-state index contributed by atoms with van der Waals surface area (Å²) in [5.41, 5.74) is 1.25. The maximum Gasteiger partial charge on any atom is 0.236 e. The summed E-state index contributed by atoms with van der Waals surface area (Å²) in [7, 11) is 1.84. The Balaban J connectivity index is 1.23. The summed E-state index contributed by atoms with van der Waals surface area (Å²) >= 11 is 0. The summed E-state index contributed by atoms with van der Waals surface area (Å²) in [5.74, 6) is 1.64. The molecule has 2 aromatic rings. The Bertz CT molecular complexity index is 791. The van der Waals surface area contributed by atoms with Crippen LogP contribution in [0.2, 0.25) is 0 Å². The Morgan fingerprint density at radius 2 is 1.68 bits per heavy atom. The number of likely N-dealkylation sites (N-methyl/N-ethyl adjacent to an activating group) is 1. The zero-order valence-electron chi connectivity index (χ0n) is 16.3. The third-order valence-electron chi connectivity index (χ3n) is 5.32. The van der Waals surface area contributed by atoms with Crippen molar-refractivity contribution in [2.75, 3.05) is 57.8 Å². The number of amides is 1. The molecule has 0 N–H and O–H groups in total. The van der Waals surface area contributed by atoms with Crippen molar-refractivity contribution >= 4 is 11.6 Å². The molecule has 148 valence electrons. The van der Waals surface area contributed by atoms with Gasteiger partial charge in [-0.15, -0.1) is 0 Å². The first-order valence-corrected chi connectivity index (χ1v) is 9.84. The number of ether oxygens (including phenoxy) is 2. The van der Waals surface area contributed by atoms with E-state index in [-0.39, 0.29) is 12.0 Å². The largest absolute Gasteiger partial charge is 0.486 e. The quantitative estimate of drug-likeness (QED) is 0.794. The van der Waals surface area contributed by atoms with Gasteiger partial charge in [-0.1, -0.05) is 30.3 Å². The second kappa shape index (κ2) is 8.52. The number of rotatable bonds is 5. The highest BCUT2D eigenvalue weighted by Crippen LogP contribution is 2.30. The Morgan fingerprint density at radius 1 is 1.00 bits per heavy atom. The highest BCUT2D eigenvalue weighted by atomic mass is 16.6. The van der Waals surface area contributed by atoms with Crippen LogP contribution in [0.25, 0.3) is 0 Å². The number of hydrogen-bond donors (Lipinski definition) is 0. The molecule has 0 saturated carbocycles. The van der Waals surface area contributed by atoms with Crippen molar-refractivity contribution in [3.8, 4) is 11.5 Å². The molecule has 1 amide bonds. The predicted molar refractivity (Wildman–Crippen MR) is 109 cm³/mol. The molecule has 6 nitrogen and oxygen atoms in total. The molecule has 2 aliphatic rings. The summed E-state index contributed by atoms with van der Waals surface area (Å²) in [6.45, 7) is 5.11. The van der Waals surface area contributed by atoms with Crippen LogP contribution >= 0.6 is 0 Å². The summed E-state index contributed by atoms with van der Waals surface area (Å²) in [5, 5.41) is 0. The molecule has 0 unspecified atom stereocenters. The lowest BCUT2D eigenvalue weighted by Crippen LogP contribution is -2.51. The number of carbonyl (C=O) groups excluding carboxylic acids is 1. The lowest BCUT2D eigenvalue weighted by molar-refractivity contribution is -0.132. The molecule has 1 fully saturated rings. The number of piperazine rings is 1. The molecule has 1 atom stereocenters. The highest BCUT2D eigenvalue weighted by Gasteiger charge is 2.25. The van der Waals surface area contributed by atoms with Gasteiger partial charge in [0.25, 0.3) is 0 Å². The van der Waals surface area contributed by atoms with E-state index in [1.54, 1.807) is 4.90 Å². The molecule has 1 saturated heterocycles. The van der Waals surface area contributed by atoms with Gasteiger partial charge >= 0.3 is 0 Å². The first-order chi connectivity index (χ1) is 13.7. The second-order valence-corrected chi connectivity index (χ2v) is 7.37. The van der Waals surface area contributed by atoms with Crippen molar-refractivity contribution in [2.45, 2.75) is 6.10 Å². The Morgan fingerprint density at radius 3 is 2.43 bits per heavy atom. The van der Waals surface area contributed by atoms with E-state index in [1.807, 2.05) is 37.4 Å². The van der Waals surface area contributed by atoms with Crippen LogP contribution in [0.3, 0.4) is 0 Å². The standard InChI is InChI=1S/C22H27N3O3/c1-23(15-19-17-27-20-9-5-6-10-21(20)28-19)22(26)16-24-11-13-25(14-12-24)18-7-3-2-4-8-18/h2-10,19H,11-17H2,1H3/t19-/m0/s1. The fourth-order valence-corrected chi connectivity index (χ4v) is 3.68. The van der Waals surface area contributed by atoms with Crippen molar-refractivity contribution in [2.24, 2.45) is 0 Å². The van der Waals surface area contributed by atoms with Crippen molar-refractivity contribution in [1.29, 1.82) is 0 Å². The van der Waals surface area contributed by atoms with Gasteiger partial charge in [0.2, 0.25) is 5.91 Å². The highest BCUT2D eigenvalue weighted by molar-refractivity contribution is 5.78. The molecule has 4 rings (SSSR count). The average molecular weight is 381 g/mol. The van der Waals surface area contributed by atoms with Crippen molar-refractivity contribution in [3.05, 3.63) is 54.6 Å². The van der Waals surface area contributed by atoms with E-state index in [9.17, 15) is 4.79 Å². The molecule has 2 aromatic carbocycles. The topological polar surface area (TPSA) is 45.3 Å². The van der Waals surface area contributed by atoms with Crippen LogP contribution in [0, 0.1) is 0 Å². The third kappa shape index (κ3) is 4.39. The van der Waals surface area contributed by atoms with E-state index in [4.69, 9.17) is 9.47 Å². The zero-order chi connectivity index (χ0) is 19.3. The zero-order valence-corrected chi connectivity index (χ0v) is 16.3. The van der Waals surface area contributed by atoms with Gasteiger partial charge in [0.1, 0.15) is 6.61 Å². The third-order valence-corrected chi connectivity index (χ3v) is 5.32. The second-order valence-electron chi connectivity index (χ2n) is 7.37. The smallest absolute Gasteiger partial charge is 0.236 e. The lowest BCUT2D eigenvalue weighted by atomic mass is 10.2. The fraction of sp³-hybridized carbons (Fsp3) is 0.409. The summed E-state index contributed by atoms with van der Waals surface area (Å²) in [6.07, 6.45) is -0.140. The Hall–Kier alpha value is -2.73. The average Bonchev–Trinajstić information content (AvgIpc) is 2.75. The Labute approximate surface area is 166 Å². The molecular formula is C22H27N3O3. The van der Waals surface area contributed by atoms with Crippen LogP contribution in [0.4, 0.5) is 5.69 Å². The summed E-state index contributed by atoms with van der Waals surface area (Å²) < 4.78 is 11.7. The number of fused-ring (bicyclic) bond motifs is 1. The SMILES string of the molecule is CN(C[C@H]1COc2ccccc2O1)C(=O)CN1CCN(c2ccccc2)CC1. The predicted octanol–water partition coefficient (Wildman–Crippen LogP) is 2.11. The van der Waals surface area contributed by atoms with Gasteiger partial charge in [-0.05, 0) is 24.3 Å². The molecule has 0 aromatic heterocycles. The molecule has 2 heterocycles.